The van der Waals surface area contributed by atoms with Crippen LogP contribution in [0.5, 0.6) is 0 Å². The van der Waals surface area contributed by atoms with Gasteiger partial charge >= 0.3 is 29.6 Å². The molecule has 246 valence electrons. The number of unbranched alkanes of at least 4 members (excludes halogenated alkanes) is 4. The number of hydrogen-bond acceptors (Lipinski definition) is 5. The van der Waals surface area contributed by atoms with Gasteiger partial charge in [-0.3, -0.25) is 4.39 Å². The van der Waals surface area contributed by atoms with Gasteiger partial charge in [-0.2, -0.15) is 0 Å². The maximum absolute atomic E-state index is 9.96. The zero-order valence-corrected chi connectivity index (χ0v) is 32.4. The van der Waals surface area contributed by atoms with Crippen LogP contribution in [0.3, 0.4) is 0 Å². The maximum atomic E-state index is 9.96. The fraction of sp³-hybridized carbons (Fsp3) is 0.882. The van der Waals surface area contributed by atoms with Crippen LogP contribution in [-0.4, -0.2) is 133 Å². The molecule has 0 aliphatic rings. The predicted octanol–water partition coefficient (Wildman–Crippen LogP) is 4.67. The molecule has 0 saturated heterocycles. The fourth-order valence-corrected chi connectivity index (χ4v) is 3.55. The molecule has 0 atom stereocenters. The SMILES string of the molecule is CC/C=C/CC.CCCCCN(C)C.CCN(C)CCCCN(C)C/C=C/CN(C)CCCCN(C)CC.[2H]CF.[H-].[Na+]. The number of hydrogen-bond donors (Lipinski definition) is 0. The third-order valence-electron chi connectivity index (χ3n) is 6.59. The van der Waals surface area contributed by atoms with E-state index in [0.717, 1.165) is 26.2 Å². The van der Waals surface area contributed by atoms with Crippen molar-refractivity contribution in [1.29, 1.82) is 0 Å². The largest absolute Gasteiger partial charge is 1.00 e. The molecule has 0 rings (SSSR count). The molecular formula is C34H77FN5Na. The summed E-state index contributed by atoms with van der Waals surface area (Å²) in [5, 5.41) is 0. The molecule has 0 aliphatic carbocycles. The molecule has 0 aliphatic heterocycles. The van der Waals surface area contributed by atoms with Gasteiger partial charge in [-0.15, -0.1) is 0 Å². The summed E-state index contributed by atoms with van der Waals surface area (Å²) in [7, 11) is 12.1. The number of rotatable bonds is 22. The summed E-state index contributed by atoms with van der Waals surface area (Å²) in [6.07, 6.45) is 20.6. The summed E-state index contributed by atoms with van der Waals surface area (Å²) in [5.41, 5.74) is 0. The first kappa shape index (κ1) is 48.1. The molecule has 7 heteroatoms. The van der Waals surface area contributed by atoms with Crippen LogP contribution in [0.4, 0.5) is 4.39 Å². The van der Waals surface area contributed by atoms with Gasteiger partial charge < -0.3 is 25.9 Å². The van der Waals surface area contributed by atoms with E-state index in [2.05, 4.69) is 126 Å². The van der Waals surface area contributed by atoms with E-state index < -0.39 is 7.15 Å². The average Bonchev–Trinajstić information content (AvgIpc) is 2.95. The van der Waals surface area contributed by atoms with Crippen molar-refractivity contribution in [1.82, 2.24) is 24.5 Å². The van der Waals surface area contributed by atoms with Crippen molar-refractivity contribution >= 4 is 0 Å². The number of nitrogens with zero attached hydrogens (tertiary/aromatic N) is 5. The normalized spacial score (nSPS) is 11.4. The number of halogens is 1. The van der Waals surface area contributed by atoms with E-state index >= 15 is 0 Å². The first-order valence-corrected chi connectivity index (χ1v) is 16.1. The summed E-state index contributed by atoms with van der Waals surface area (Å²) in [6.45, 7) is 21.5. The van der Waals surface area contributed by atoms with Gasteiger partial charge in [-0.25, -0.2) is 0 Å². The van der Waals surface area contributed by atoms with E-state index in [1.54, 1.807) is 0 Å². The molecule has 0 spiro atoms. The topological polar surface area (TPSA) is 16.2 Å². The van der Waals surface area contributed by atoms with E-state index in [4.69, 9.17) is 1.37 Å². The van der Waals surface area contributed by atoms with Gasteiger partial charge in [-0.1, -0.05) is 71.8 Å². The van der Waals surface area contributed by atoms with Crippen LogP contribution < -0.4 is 29.6 Å². The molecule has 0 aromatic heterocycles. The van der Waals surface area contributed by atoms with Crippen LogP contribution >= 0.6 is 0 Å². The van der Waals surface area contributed by atoms with Crippen molar-refractivity contribution in [3.05, 3.63) is 24.3 Å². The molecule has 0 unspecified atom stereocenters. The number of likely N-dealkylation sites (N-methyl/N-ethyl adjacent to an activating group) is 2. The van der Waals surface area contributed by atoms with E-state index in [1.165, 1.54) is 90.5 Å². The Morgan fingerprint density at radius 3 is 1.12 bits per heavy atom. The third kappa shape index (κ3) is 53.2. The van der Waals surface area contributed by atoms with Crippen molar-refractivity contribution in [2.45, 2.75) is 92.4 Å². The second-order valence-corrected chi connectivity index (χ2v) is 11.0. The Hall–Kier alpha value is 0.210. The van der Waals surface area contributed by atoms with Crippen molar-refractivity contribution in [3.63, 3.8) is 0 Å². The Bertz CT molecular complexity index is 483. The van der Waals surface area contributed by atoms with Crippen LogP contribution in [0, 0.1) is 0 Å². The van der Waals surface area contributed by atoms with Crippen molar-refractivity contribution in [2.24, 2.45) is 0 Å². The maximum Gasteiger partial charge on any atom is 1.00 e. The van der Waals surface area contributed by atoms with Gasteiger partial charge in [0.2, 0.25) is 0 Å². The Morgan fingerprint density at radius 2 is 0.854 bits per heavy atom. The van der Waals surface area contributed by atoms with Crippen LogP contribution in [0.1, 0.15) is 95.2 Å². The summed E-state index contributed by atoms with van der Waals surface area (Å²) in [4.78, 5) is 11.8. The quantitative estimate of drug-likeness (QED) is 0.102. The minimum Gasteiger partial charge on any atom is -1.00 e. The predicted molar refractivity (Wildman–Crippen MR) is 185 cm³/mol. The Balaban J connectivity index is -0.000000148. The molecule has 0 fully saturated rings. The van der Waals surface area contributed by atoms with Crippen LogP contribution in [-0.2, 0) is 0 Å². The van der Waals surface area contributed by atoms with E-state index in [9.17, 15) is 4.39 Å². The van der Waals surface area contributed by atoms with Crippen molar-refractivity contribution < 1.29 is 36.7 Å². The van der Waals surface area contributed by atoms with Crippen molar-refractivity contribution in [3.8, 4) is 0 Å². The molecule has 0 aromatic rings. The molecule has 0 saturated carbocycles. The number of alkyl halides is 1. The molecule has 0 N–H and O–H groups in total. The van der Waals surface area contributed by atoms with Crippen LogP contribution in [0.15, 0.2) is 24.3 Å². The molecule has 0 aromatic carbocycles. The summed E-state index contributed by atoms with van der Waals surface area (Å²) < 4.78 is 15.5. The third-order valence-corrected chi connectivity index (χ3v) is 6.59. The molecule has 41 heavy (non-hydrogen) atoms. The Morgan fingerprint density at radius 1 is 0.537 bits per heavy atom. The van der Waals surface area contributed by atoms with Gasteiger partial charge in [0.1, 0.15) is 0 Å². The Labute approximate surface area is 285 Å². The zero-order valence-electron chi connectivity index (χ0n) is 32.4. The van der Waals surface area contributed by atoms with Gasteiger partial charge in [0.15, 0.2) is 0 Å². The van der Waals surface area contributed by atoms with Crippen LogP contribution in [0.2, 0.25) is 0 Å². The molecule has 0 amide bonds. The molecule has 5 nitrogen and oxygen atoms in total. The Kier molecular flexibility index (Phi) is 52.4. The van der Waals surface area contributed by atoms with Gasteiger partial charge in [0.05, 0.1) is 8.52 Å². The van der Waals surface area contributed by atoms with Gasteiger partial charge in [-0.05, 0) is 133 Å². The van der Waals surface area contributed by atoms with Gasteiger partial charge in [0, 0.05) is 13.1 Å². The van der Waals surface area contributed by atoms with E-state index in [1.807, 2.05) is 0 Å². The second-order valence-electron chi connectivity index (χ2n) is 11.0. The zero-order chi connectivity index (χ0) is 32.2. The monoisotopic (exact) mass is 599 g/mol. The minimum absolute atomic E-state index is 0. The molecule has 0 heterocycles. The summed E-state index contributed by atoms with van der Waals surface area (Å²) in [5.74, 6) is 0. The summed E-state index contributed by atoms with van der Waals surface area (Å²) in [6, 6.07) is 0. The molecule has 0 radical (unpaired) electrons. The molecule has 0 bridgehead atoms. The first-order chi connectivity index (χ1) is 19.6. The average molecular weight is 599 g/mol. The summed E-state index contributed by atoms with van der Waals surface area (Å²) >= 11 is 0. The standard InChI is InChI=1S/C20H44N4.C7H17N.C6H12.CH3F.Na.H/c1-7-21(3)15-9-11-17-23(5)19-13-14-20-24(6)18-12-10-16-22(4)8-2;1-4-5-6-7-8(2)3;1-3-5-6-4-2;1-2;;/h13-14H,7-12,15-20H2,1-6H3;4-7H2,1-3H3;5-6H,3-4H2,1-2H3;1H3;;/q;;;;+1;-1/b14-13+;;6-5+;;;/i;;;1D;;. The first-order valence-electron chi connectivity index (χ1n) is 16.8. The van der Waals surface area contributed by atoms with Crippen LogP contribution in [0.25, 0.3) is 0 Å². The van der Waals surface area contributed by atoms with E-state index in [0.29, 0.717) is 0 Å². The smallest absolute Gasteiger partial charge is 1.00 e. The van der Waals surface area contributed by atoms with Gasteiger partial charge in [0.25, 0.3) is 0 Å². The minimum atomic E-state index is -1.00. The second kappa shape index (κ2) is 44.6. The molecular weight excluding hydrogens is 520 g/mol. The van der Waals surface area contributed by atoms with E-state index in [-0.39, 0.29) is 31.0 Å². The fourth-order valence-electron chi connectivity index (χ4n) is 3.55. The number of allylic oxidation sites excluding steroid dienone is 2. The van der Waals surface area contributed by atoms with Crippen molar-refractivity contribution in [2.75, 3.05) is 108 Å².